The second kappa shape index (κ2) is 12.6. The van der Waals surface area contributed by atoms with Gasteiger partial charge >= 0.3 is 5.97 Å². The molecule has 2 aliphatic rings. The van der Waals surface area contributed by atoms with Crippen LogP contribution < -0.4 is 4.90 Å². The van der Waals surface area contributed by atoms with Gasteiger partial charge in [0.2, 0.25) is 0 Å². The number of halogens is 2. The van der Waals surface area contributed by atoms with E-state index >= 15 is 0 Å². The summed E-state index contributed by atoms with van der Waals surface area (Å²) in [4.78, 5) is 22.5. The Hall–Kier alpha value is -2.64. The van der Waals surface area contributed by atoms with Crippen LogP contribution in [0.4, 0.5) is 5.69 Å². The standard InChI is InChI=1S/C36H45Cl2N3O3/c1-22-29(25-11-12-26-20-40(16-13-24(26)19-25)21-27-9-8-10-28(37)31(27)38)32(41-17-14-36(6,7)15-18-41)30(23(2)39-22)33(34(42)43)44-35(3,4)5/h8-12,19,33H,13-18,20-21H2,1-7H3,(H,42,43). The Kier molecular flexibility index (Phi) is 9.40. The van der Waals surface area contributed by atoms with Crippen molar-refractivity contribution in [2.75, 3.05) is 24.5 Å². The van der Waals surface area contributed by atoms with Crippen LogP contribution in [0, 0.1) is 19.3 Å². The summed E-state index contributed by atoms with van der Waals surface area (Å²) >= 11 is 12.8. The minimum Gasteiger partial charge on any atom is -0.479 e. The number of pyridine rings is 1. The molecular weight excluding hydrogens is 593 g/mol. The molecule has 1 saturated heterocycles. The van der Waals surface area contributed by atoms with E-state index in [1.165, 1.54) is 11.1 Å². The highest BCUT2D eigenvalue weighted by Gasteiger charge is 2.36. The molecule has 1 aromatic heterocycles. The zero-order valence-corrected chi connectivity index (χ0v) is 28.6. The van der Waals surface area contributed by atoms with Gasteiger partial charge < -0.3 is 14.7 Å². The number of carboxylic acids is 1. The number of hydrogen-bond acceptors (Lipinski definition) is 5. The fraction of sp³-hybridized carbons (Fsp3) is 0.500. The van der Waals surface area contributed by atoms with Crippen LogP contribution in [0.5, 0.6) is 0 Å². The van der Waals surface area contributed by atoms with Gasteiger partial charge in [-0.3, -0.25) is 9.88 Å². The topological polar surface area (TPSA) is 65.9 Å². The maximum absolute atomic E-state index is 12.8. The van der Waals surface area contributed by atoms with E-state index in [2.05, 4.69) is 41.8 Å². The fourth-order valence-corrected chi connectivity index (χ4v) is 6.95. The fourth-order valence-electron chi connectivity index (χ4n) is 6.57. The third-order valence-electron chi connectivity index (χ3n) is 8.98. The van der Waals surface area contributed by atoms with Gasteiger partial charge in [0.1, 0.15) is 0 Å². The zero-order chi connectivity index (χ0) is 32.0. The van der Waals surface area contributed by atoms with Crippen LogP contribution in [0.15, 0.2) is 36.4 Å². The lowest BCUT2D eigenvalue weighted by Gasteiger charge is -2.41. The molecule has 1 unspecified atom stereocenters. The number of ether oxygens (including phenoxy) is 1. The maximum atomic E-state index is 12.8. The number of nitrogens with zero attached hydrogens (tertiary/aromatic N) is 3. The second-order valence-electron chi connectivity index (χ2n) is 14.2. The first-order valence-corrected chi connectivity index (χ1v) is 16.3. The Balaban J connectivity index is 1.57. The van der Waals surface area contributed by atoms with Crippen molar-refractivity contribution in [3.63, 3.8) is 0 Å². The summed E-state index contributed by atoms with van der Waals surface area (Å²) in [7, 11) is 0. The molecule has 1 atom stereocenters. The van der Waals surface area contributed by atoms with Crippen LogP contribution in [-0.4, -0.2) is 46.2 Å². The van der Waals surface area contributed by atoms with Crippen molar-refractivity contribution in [1.82, 2.24) is 9.88 Å². The first kappa shape index (κ1) is 32.7. The molecule has 0 spiro atoms. The average Bonchev–Trinajstić information content (AvgIpc) is 2.93. The number of aryl methyl sites for hydroxylation is 2. The molecule has 2 aromatic carbocycles. The van der Waals surface area contributed by atoms with Gasteiger partial charge in [0, 0.05) is 55.2 Å². The van der Waals surface area contributed by atoms with Gasteiger partial charge in [0.05, 0.1) is 21.3 Å². The van der Waals surface area contributed by atoms with Crippen LogP contribution in [0.25, 0.3) is 11.1 Å². The third kappa shape index (κ3) is 7.09. The molecule has 3 heterocycles. The molecule has 236 valence electrons. The lowest BCUT2D eigenvalue weighted by molar-refractivity contribution is -0.160. The zero-order valence-electron chi connectivity index (χ0n) is 27.1. The molecule has 6 nitrogen and oxygen atoms in total. The predicted octanol–water partition coefficient (Wildman–Crippen LogP) is 8.80. The lowest BCUT2D eigenvalue weighted by Crippen LogP contribution is -2.39. The van der Waals surface area contributed by atoms with Crippen molar-refractivity contribution in [1.29, 1.82) is 0 Å². The Morgan fingerprint density at radius 3 is 2.41 bits per heavy atom. The molecule has 0 bridgehead atoms. The van der Waals surface area contributed by atoms with Gasteiger partial charge in [-0.25, -0.2) is 4.79 Å². The number of fused-ring (bicyclic) bond motifs is 1. The minimum absolute atomic E-state index is 0.245. The molecular formula is C36H45Cl2N3O3. The molecule has 44 heavy (non-hydrogen) atoms. The summed E-state index contributed by atoms with van der Waals surface area (Å²) in [5.74, 6) is -0.997. The van der Waals surface area contributed by atoms with Crippen molar-refractivity contribution in [2.24, 2.45) is 5.41 Å². The van der Waals surface area contributed by atoms with E-state index in [4.69, 9.17) is 32.9 Å². The Morgan fingerprint density at radius 1 is 1.05 bits per heavy atom. The van der Waals surface area contributed by atoms with E-state index in [0.29, 0.717) is 21.3 Å². The highest BCUT2D eigenvalue weighted by Crippen LogP contribution is 2.45. The van der Waals surface area contributed by atoms with Gasteiger partial charge in [-0.15, -0.1) is 0 Å². The number of rotatable bonds is 7. The van der Waals surface area contributed by atoms with Gasteiger partial charge in [0.25, 0.3) is 0 Å². The smallest absolute Gasteiger partial charge is 0.337 e. The number of hydrogen-bond donors (Lipinski definition) is 1. The van der Waals surface area contributed by atoms with Crippen molar-refractivity contribution in [2.45, 2.75) is 92.5 Å². The molecule has 1 fully saturated rings. The predicted molar refractivity (Wildman–Crippen MR) is 180 cm³/mol. The van der Waals surface area contributed by atoms with E-state index in [9.17, 15) is 9.90 Å². The summed E-state index contributed by atoms with van der Waals surface area (Å²) in [6.07, 6.45) is 1.84. The molecule has 0 saturated carbocycles. The SMILES string of the molecule is Cc1nc(C)c(C(OC(C)(C)C)C(=O)O)c(N2CCC(C)(C)CC2)c1-c1ccc2c(c1)CCN(Cc1cccc(Cl)c1Cl)C2. The summed E-state index contributed by atoms with van der Waals surface area (Å²) in [5, 5.41) is 11.7. The van der Waals surface area contributed by atoms with Crippen LogP contribution in [0.2, 0.25) is 10.0 Å². The summed E-state index contributed by atoms with van der Waals surface area (Å²) < 4.78 is 6.25. The Morgan fingerprint density at radius 2 is 1.75 bits per heavy atom. The lowest BCUT2D eigenvalue weighted by atomic mass is 9.81. The first-order valence-electron chi connectivity index (χ1n) is 15.6. The molecule has 8 heteroatoms. The Labute approximate surface area is 272 Å². The molecule has 3 aromatic rings. The number of carbonyl (C=O) groups is 1. The van der Waals surface area contributed by atoms with Gasteiger partial charge in [-0.05, 0) is 87.6 Å². The molecule has 0 aliphatic carbocycles. The van der Waals surface area contributed by atoms with Gasteiger partial charge in [-0.2, -0.15) is 0 Å². The molecule has 1 N–H and O–H groups in total. The molecule has 2 aliphatic heterocycles. The number of anilines is 1. The molecule has 0 amide bonds. The highest BCUT2D eigenvalue weighted by atomic mass is 35.5. The molecule has 0 radical (unpaired) electrons. The average molecular weight is 639 g/mol. The minimum atomic E-state index is -1.13. The van der Waals surface area contributed by atoms with Crippen molar-refractivity contribution >= 4 is 34.9 Å². The Bertz CT molecular complexity index is 1550. The summed E-state index contributed by atoms with van der Waals surface area (Å²) in [6, 6.07) is 12.5. The van der Waals surface area contributed by atoms with Crippen molar-refractivity contribution < 1.29 is 14.6 Å². The van der Waals surface area contributed by atoms with Gasteiger partial charge in [0.15, 0.2) is 6.10 Å². The van der Waals surface area contributed by atoms with Crippen LogP contribution in [-0.2, 0) is 29.0 Å². The van der Waals surface area contributed by atoms with E-state index in [1.54, 1.807) is 0 Å². The van der Waals surface area contributed by atoms with E-state index in [0.717, 1.165) is 80.1 Å². The summed E-state index contributed by atoms with van der Waals surface area (Å²) in [6.45, 7) is 18.5. The van der Waals surface area contributed by atoms with Crippen LogP contribution in [0.1, 0.15) is 87.2 Å². The summed E-state index contributed by atoms with van der Waals surface area (Å²) in [5.41, 5.74) is 8.53. The van der Waals surface area contributed by atoms with Crippen molar-refractivity contribution in [3.8, 4) is 11.1 Å². The van der Waals surface area contributed by atoms with Crippen LogP contribution in [0.3, 0.4) is 0 Å². The monoisotopic (exact) mass is 637 g/mol. The van der Waals surface area contributed by atoms with Crippen LogP contribution >= 0.6 is 23.2 Å². The molecule has 5 rings (SSSR count). The maximum Gasteiger partial charge on any atom is 0.337 e. The van der Waals surface area contributed by atoms with Crippen molar-refractivity contribution in [3.05, 3.63) is 80.1 Å². The normalized spacial score (nSPS) is 17.8. The van der Waals surface area contributed by atoms with Gasteiger partial charge in [-0.1, -0.05) is 67.4 Å². The number of aromatic nitrogens is 1. The quantitative estimate of drug-likeness (QED) is 0.279. The van der Waals surface area contributed by atoms with E-state index in [-0.39, 0.29) is 5.41 Å². The number of benzene rings is 2. The highest BCUT2D eigenvalue weighted by molar-refractivity contribution is 6.42. The largest absolute Gasteiger partial charge is 0.479 e. The number of aliphatic carboxylic acids is 1. The van der Waals surface area contributed by atoms with E-state index in [1.807, 2.05) is 52.8 Å². The first-order chi connectivity index (χ1) is 20.6. The number of piperidine rings is 1. The second-order valence-corrected chi connectivity index (χ2v) is 15.0. The number of carboxylic acid groups (broad SMARTS) is 1. The third-order valence-corrected chi connectivity index (χ3v) is 9.84. The van der Waals surface area contributed by atoms with E-state index < -0.39 is 17.7 Å².